The van der Waals surface area contributed by atoms with Crippen LogP contribution < -0.4 is 10.9 Å². The number of carbonyl (C=O) groups is 1. The first-order valence-corrected chi connectivity index (χ1v) is 6.89. The maximum Gasteiger partial charge on any atom is 0.421 e. The molecular formula is C14H10BrF3N2O2. The Hall–Kier alpha value is -2.09. The van der Waals surface area contributed by atoms with E-state index >= 15 is 0 Å². The number of aromatic nitrogens is 1. The molecule has 22 heavy (non-hydrogen) atoms. The number of halogens is 4. The standard InChI is InChI=1S/C14H10BrF3N2O2/c15-9-3-5-10(6-4-9)19-12(21)8-20-7-1-2-11(13(20)22)14(16,17)18/h1-7H,8H2,(H,19,21). The van der Waals surface area contributed by atoms with E-state index in [0.29, 0.717) is 11.8 Å². The number of rotatable bonds is 3. The third-order valence-corrected chi connectivity index (χ3v) is 3.30. The molecule has 1 heterocycles. The van der Waals surface area contributed by atoms with Crippen LogP contribution in [-0.2, 0) is 17.5 Å². The van der Waals surface area contributed by atoms with E-state index in [1.165, 1.54) is 0 Å². The highest BCUT2D eigenvalue weighted by Crippen LogP contribution is 2.25. The summed E-state index contributed by atoms with van der Waals surface area (Å²) in [6.07, 6.45) is -3.61. The van der Waals surface area contributed by atoms with Gasteiger partial charge in [-0.05, 0) is 36.4 Å². The number of carbonyl (C=O) groups excluding carboxylic acids is 1. The number of hydrogen-bond acceptors (Lipinski definition) is 2. The van der Waals surface area contributed by atoms with Crippen LogP contribution in [0.4, 0.5) is 18.9 Å². The minimum Gasteiger partial charge on any atom is -0.325 e. The molecule has 0 radical (unpaired) electrons. The first-order chi connectivity index (χ1) is 10.3. The van der Waals surface area contributed by atoms with Gasteiger partial charge in [0.2, 0.25) is 5.91 Å². The Morgan fingerprint density at radius 2 is 1.82 bits per heavy atom. The van der Waals surface area contributed by atoms with Crippen molar-refractivity contribution in [3.05, 3.63) is 63.0 Å². The SMILES string of the molecule is O=C(Cn1cccc(C(F)(F)F)c1=O)Nc1ccc(Br)cc1. The van der Waals surface area contributed by atoms with Gasteiger partial charge in [-0.3, -0.25) is 9.59 Å². The molecule has 0 aliphatic heterocycles. The molecule has 0 unspecified atom stereocenters. The lowest BCUT2D eigenvalue weighted by atomic mass is 10.2. The third-order valence-electron chi connectivity index (χ3n) is 2.77. The van der Waals surface area contributed by atoms with Crippen molar-refractivity contribution in [2.45, 2.75) is 12.7 Å². The Balaban J connectivity index is 2.15. The van der Waals surface area contributed by atoms with E-state index in [2.05, 4.69) is 21.2 Å². The van der Waals surface area contributed by atoms with Crippen molar-refractivity contribution in [3.63, 3.8) is 0 Å². The summed E-state index contributed by atoms with van der Waals surface area (Å²) < 4.78 is 39.4. The van der Waals surface area contributed by atoms with Crippen LogP contribution in [0.3, 0.4) is 0 Å². The Labute approximate surface area is 131 Å². The quantitative estimate of drug-likeness (QED) is 0.896. The second kappa shape index (κ2) is 6.35. The topological polar surface area (TPSA) is 51.1 Å². The van der Waals surface area contributed by atoms with Crippen LogP contribution >= 0.6 is 15.9 Å². The van der Waals surface area contributed by atoms with Gasteiger partial charge < -0.3 is 9.88 Å². The molecule has 0 aliphatic carbocycles. The number of alkyl halides is 3. The van der Waals surface area contributed by atoms with Gasteiger partial charge in [-0.25, -0.2) is 0 Å². The van der Waals surface area contributed by atoms with E-state index in [-0.39, 0.29) is 0 Å². The molecule has 1 amide bonds. The van der Waals surface area contributed by atoms with Crippen molar-refractivity contribution in [1.29, 1.82) is 0 Å². The molecule has 4 nitrogen and oxygen atoms in total. The molecule has 1 aromatic heterocycles. The van der Waals surface area contributed by atoms with Crippen LogP contribution in [-0.4, -0.2) is 10.5 Å². The molecule has 0 bridgehead atoms. The fourth-order valence-corrected chi connectivity index (χ4v) is 2.03. The molecule has 0 spiro atoms. The summed E-state index contributed by atoms with van der Waals surface area (Å²) in [6.45, 7) is -0.501. The normalized spacial score (nSPS) is 11.3. The number of anilines is 1. The Bertz CT molecular complexity index is 739. The average Bonchev–Trinajstić information content (AvgIpc) is 2.42. The van der Waals surface area contributed by atoms with Gasteiger partial charge in [-0.2, -0.15) is 13.2 Å². The zero-order chi connectivity index (χ0) is 16.3. The van der Waals surface area contributed by atoms with Gasteiger partial charge in [0.05, 0.1) is 0 Å². The fraction of sp³-hybridized carbons (Fsp3) is 0.143. The summed E-state index contributed by atoms with van der Waals surface area (Å²) in [6, 6.07) is 8.41. The van der Waals surface area contributed by atoms with Gasteiger partial charge in [-0.15, -0.1) is 0 Å². The zero-order valence-corrected chi connectivity index (χ0v) is 12.6. The number of nitrogens with zero attached hydrogens (tertiary/aromatic N) is 1. The second-order valence-electron chi connectivity index (χ2n) is 4.41. The molecule has 0 aliphatic rings. The minimum atomic E-state index is -4.75. The fourth-order valence-electron chi connectivity index (χ4n) is 1.77. The second-order valence-corrected chi connectivity index (χ2v) is 5.32. The van der Waals surface area contributed by atoms with Crippen molar-refractivity contribution in [3.8, 4) is 0 Å². The molecule has 2 aromatic rings. The van der Waals surface area contributed by atoms with Crippen LogP contribution in [0.5, 0.6) is 0 Å². The van der Waals surface area contributed by atoms with Crippen LogP contribution in [0, 0.1) is 0 Å². The summed E-state index contributed by atoms with van der Waals surface area (Å²) in [7, 11) is 0. The maximum atomic E-state index is 12.6. The van der Waals surface area contributed by atoms with Crippen molar-refractivity contribution in [2.75, 3.05) is 5.32 Å². The van der Waals surface area contributed by atoms with Gasteiger partial charge in [0.15, 0.2) is 0 Å². The summed E-state index contributed by atoms with van der Waals surface area (Å²) in [4.78, 5) is 23.5. The van der Waals surface area contributed by atoms with Crippen molar-refractivity contribution < 1.29 is 18.0 Å². The number of nitrogens with one attached hydrogen (secondary N) is 1. The van der Waals surface area contributed by atoms with Crippen molar-refractivity contribution in [1.82, 2.24) is 4.57 Å². The van der Waals surface area contributed by atoms with E-state index in [4.69, 9.17) is 0 Å². The van der Waals surface area contributed by atoms with Crippen LogP contribution in [0.25, 0.3) is 0 Å². The predicted molar refractivity (Wildman–Crippen MR) is 78.5 cm³/mol. The molecular weight excluding hydrogens is 365 g/mol. The summed E-state index contributed by atoms with van der Waals surface area (Å²) in [5, 5.41) is 2.50. The monoisotopic (exact) mass is 374 g/mol. The Kier molecular flexibility index (Phi) is 4.70. The minimum absolute atomic E-state index is 0.480. The lowest BCUT2D eigenvalue weighted by Gasteiger charge is -2.10. The first kappa shape index (κ1) is 16.3. The van der Waals surface area contributed by atoms with Gasteiger partial charge >= 0.3 is 6.18 Å². The summed E-state index contributed by atoms with van der Waals surface area (Å²) in [5.41, 5.74) is -2.07. The highest BCUT2D eigenvalue weighted by Gasteiger charge is 2.34. The van der Waals surface area contributed by atoms with E-state index in [9.17, 15) is 22.8 Å². The predicted octanol–water partition coefficient (Wildman–Crippen LogP) is 3.27. The van der Waals surface area contributed by atoms with Gasteiger partial charge in [0, 0.05) is 16.4 Å². The molecule has 116 valence electrons. The molecule has 2 rings (SSSR count). The Morgan fingerprint density at radius 1 is 1.18 bits per heavy atom. The van der Waals surface area contributed by atoms with Crippen LogP contribution in [0.2, 0.25) is 0 Å². The largest absolute Gasteiger partial charge is 0.421 e. The molecule has 8 heteroatoms. The lowest BCUT2D eigenvalue weighted by Crippen LogP contribution is -2.31. The number of pyridine rings is 1. The third kappa shape index (κ3) is 3.97. The number of benzene rings is 1. The zero-order valence-electron chi connectivity index (χ0n) is 11.0. The van der Waals surface area contributed by atoms with E-state index in [0.717, 1.165) is 21.3 Å². The molecule has 0 saturated carbocycles. The number of hydrogen-bond donors (Lipinski definition) is 1. The van der Waals surface area contributed by atoms with Crippen LogP contribution in [0.1, 0.15) is 5.56 Å². The average molecular weight is 375 g/mol. The van der Waals surface area contributed by atoms with Crippen molar-refractivity contribution in [2.24, 2.45) is 0 Å². The first-order valence-electron chi connectivity index (χ1n) is 6.09. The molecule has 0 saturated heterocycles. The van der Waals surface area contributed by atoms with E-state index in [1.54, 1.807) is 24.3 Å². The molecule has 1 N–H and O–H groups in total. The maximum absolute atomic E-state index is 12.6. The highest BCUT2D eigenvalue weighted by atomic mass is 79.9. The van der Waals surface area contributed by atoms with Gasteiger partial charge in [-0.1, -0.05) is 15.9 Å². The molecule has 0 atom stereocenters. The van der Waals surface area contributed by atoms with Gasteiger partial charge in [0.1, 0.15) is 12.1 Å². The molecule has 1 aromatic carbocycles. The van der Waals surface area contributed by atoms with E-state index in [1.807, 2.05) is 0 Å². The summed E-state index contributed by atoms with van der Waals surface area (Å²) in [5.74, 6) is -0.594. The van der Waals surface area contributed by atoms with Crippen molar-refractivity contribution >= 4 is 27.5 Å². The number of amides is 1. The highest BCUT2D eigenvalue weighted by molar-refractivity contribution is 9.10. The summed E-state index contributed by atoms with van der Waals surface area (Å²) >= 11 is 3.24. The Morgan fingerprint density at radius 3 is 2.41 bits per heavy atom. The van der Waals surface area contributed by atoms with Crippen LogP contribution in [0.15, 0.2) is 51.9 Å². The van der Waals surface area contributed by atoms with E-state index < -0.39 is 29.8 Å². The smallest absolute Gasteiger partial charge is 0.325 e. The lowest BCUT2D eigenvalue weighted by molar-refractivity contribution is -0.139. The van der Waals surface area contributed by atoms with Gasteiger partial charge in [0.25, 0.3) is 5.56 Å². The molecule has 0 fully saturated rings.